The Labute approximate surface area is 212 Å². The fourth-order valence-corrected chi connectivity index (χ4v) is 3.92. The van der Waals surface area contributed by atoms with Gasteiger partial charge in [0.25, 0.3) is 17.4 Å². The molecule has 0 radical (unpaired) electrons. The predicted molar refractivity (Wildman–Crippen MR) is 140 cm³/mol. The van der Waals surface area contributed by atoms with Gasteiger partial charge in [-0.25, -0.2) is 4.68 Å². The number of para-hydroxylation sites is 1. The second-order valence-corrected chi connectivity index (χ2v) is 8.59. The summed E-state index contributed by atoms with van der Waals surface area (Å²) in [6.07, 6.45) is 0. The molecule has 0 bridgehead atoms. The molecule has 0 atom stereocenters. The smallest absolute Gasteiger partial charge is 0.295 e. The summed E-state index contributed by atoms with van der Waals surface area (Å²) in [6, 6.07) is 24.1. The van der Waals surface area contributed by atoms with Crippen molar-refractivity contribution in [2.24, 2.45) is 7.05 Å². The minimum atomic E-state index is -0.448. The van der Waals surface area contributed by atoms with Crippen molar-refractivity contribution in [1.29, 1.82) is 0 Å². The molecule has 5 rings (SSSR count). The van der Waals surface area contributed by atoms with Crippen LogP contribution in [0.2, 0.25) is 0 Å². The number of aryl methyl sites for hydroxylation is 1. The second-order valence-electron chi connectivity index (χ2n) is 8.59. The first-order chi connectivity index (χ1) is 17.9. The zero-order chi connectivity index (χ0) is 25.9. The van der Waals surface area contributed by atoms with Crippen LogP contribution in [0.5, 0.6) is 5.75 Å². The van der Waals surface area contributed by atoms with Crippen molar-refractivity contribution in [1.82, 2.24) is 19.5 Å². The van der Waals surface area contributed by atoms with Crippen molar-refractivity contribution < 1.29 is 14.1 Å². The first-order valence-corrected chi connectivity index (χ1v) is 11.7. The van der Waals surface area contributed by atoms with Crippen molar-refractivity contribution in [3.63, 3.8) is 0 Å². The molecule has 0 aliphatic carbocycles. The van der Waals surface area contributed by atoms with E-state index in [1.54, 1.807) is 36.9 Å². The molecule has 0 spiro atoms. The standard InChI is InChI=1S/C28H25N5O4/c1-18-12-14-20(15-13-18)26-30-27(37-31-26)21-8-7-11-23(16-21)36-17-24(34)29-25-19(2)32(3)33(28(25)35)22-9-5-4-6-10-22/h4-16H,17H2,1-3H3,(H,29,34). The lowest BCUT2D eigenvalue weighted by molar-refractivity contribution is -0.118. The lowest BCUT2D eigenvalue weighted by Gasteiger charge is -2.08. The molecule has 0 saturated heterocycles. The highest BCUT2D eigenvalue weighted by Gasteiger charge is 2.18. The van der Waals surface area contributed by atoms with E-state index >= 15 is 0 Å². The Hall–Kier alpha value is -4.92. The summed E-state index contributed by atoms with van der Waals surface area (Å²) in [5, 5.41) is 6.76. The number of amides is 1. The number of nitrogens with one attached hydrogen (secondary N) is 1. The number of nitrogens with zero attached hydrogens (tertiary/aromatic N) is 4. The van der Waals surface area contributed by atoms with Gasteiger partial charge >= 0.3 is 0 Å². The van der Waals surface area contributed by atoms with Crippen LogP contribution in [0.3, 0.4) is 0 Å². The molecule has 5 aromatic rings. The number of ether oxygens (including phenoxy) is 1. The highest BCUT2D eigenvalue weighted by atomic mass is 16.5. The molecule has 0 fully saturated rings. The molecule has 0 aliphatic heterocycles. The largest absolute Gasteiger partial charge is 0.484 e. The molecule has 0 aliphatic rings. The van der Waals surface area contributed by atoms with E-state index in [1.165, 1.54) is 4.68 Å². The lowest BCUT2D eigenvalue weighted by Crippen LogP contribution is -2.25. The van der Waals surface area contributed by atoms with Gasteiger partial charge in [-0.3, -0.25) is 14.3 Å². The van der Waals surface area contributed by atoms with Gasteiger partial charge in [0.1, 0.15) is 11.4 Å². The Bertz CT molecular complexity index is 1610. The van der Waals surface area contributed by atoms with Crippen molar-refractivity contribution in [3.8, 4) is 34.3 Å². The number of rotatable bonds is 7. The van der Waals surface area contributed by atoms with Crippen LogP contribution < -0.4 is 15.6 Å². The molecule has 1 amide bonds. The van der Waals surface area contributed by atoms with Gasteiger partial charge in [-0.2, -0.15) is 4.98 Å². The Balaban J connectivity index is 1.27. The lowest BCUT2D eigenvalue weighted by atomic mass is 10.1. The number of aromatic nitrogens is 4. The maximum Gasteiger partial charge on any atom is 0.295 e. The van der Waals surface area contributed by atoms with Crippen LogP contribution in [0.1, 0.15) is 11.3 Å². The summed E-state index contributed by atoms with van der Waals surface area (Å²) in [4.78, 5) is 30.1. The SMILES string of the molecule is Cc1ccc(-c2noc(-c3cccc(OCC(=O)Nc4c(C)n(C)n(-c5ccccc5)c4=O)c3)n2)cc1. The normalized spacial score (nSPS) is 10.9. The fraction of sp³-hybridized carbons (Fsp3) is 0.143. The Morgan fingerprint density at radius 3 is 2.49 bits per heavy atom. The number of carbonyl (C=O) groups excluding carboxylic acids is 1. The van der Waals surface area contributed by atoms with Crippen molar-refractivity contribution in [2.75, 3.05) is 11.9 Å². The van der Waals surface area contributed by atoms with E-state index in [1.807, 2.05) is 67.6 Å². The van der Waals surface area contributed by atoms with Gasteiger partial charge in [0.05, 0.1) is 11.4 Å². The van der Waals surface area contributed by atoms with Crippen LogP contribution in [-0.4, -0.2) is 32.0 Å². The quantitative estimate of drug-likeness (QED) is 0.356. The van der Waals surface area contributed by atoms with E-state index in [0.29, 0.717) is 34.4 Å². The highest BCUT2D eigenvalue weighted by Crippen LogP contribution is 2.25. The monoisotopic (exact) mass is 495 g/mol. The summed E-state index contributed by atoms with van der Waals surface area (Å²) >= 11 is 0. The Morgan fingerprint density at radius 2 is 1.73 bits per heavy atom. The summed E-state index contributed by atoms with van der Waals surface area (Å²) in [7, 11) is 1.77. The van der Waals surface area contributed by atoms with Crippen molar-refractivity contribution in [2.45, 2.75) is 13.8 Å². The average molecular weight is 496 g/mol. The molecular formula is C28H25N5O4. The van der Waals surface area contributed by atoms with Gasteiger partial charge in [0.15, 0.2) is 6.61 Å². The summed E-state index contributed by atoms with van der Waals surface area (Å²) in [5.74, 6) is 0.831. The maximum atomic E-state index is 13.0. The topological polar surface area (TPSA) is 104 Å². The second kappa shape index (κ2) is 9.98. The van der Waals surface area contributed by atoms with E-state index in [4.69, 9.17) is 9.26 Å². The first kappa shape index (κ1) is 23.8. The summed E-state index contributed by atoms with van der Waals surface area (Å²) in [5.41, 5.74) is 3.89. The van der Waals surface area contributed by atoms with Gasteiger partial charge < -0.3 is 14.6 Å². The summed E-state index contributed by atoms with van der Waals surface area (Å²) < 4.78 is 14.3. The van der Waals surface area contributed by atoms with E-state index in [2.05, 4.69) is 15.5 Å². The van der Waals surface area contributed by atoms with Gasteiger partial charge in [0.2, 0.25) is 5.82 Å². The molecule has 186 valence electrons. The molecule has 3 aromatic carbocycles. The number of carbonyl (C=O) groups is 1. The first-order valence-electron chi connectivity index (χ1n) is 11.7. The third kappa shape index (κ3) is 4.92. The minimum Gasteiger partial charge on any atom is -0.484 e. The van der Waals surface area contributed by atoms with Crippen LogP contribution >= 0.6 is 0 Å². The molecule has 0 unspecified atom stereocenters. The third-order valence-corrected chi connectivity index (χ3v) is 6.01. The number of hydrogen-bond acceptors (Lipinski definition) is 6. The van der Waals surface area contributed by atoms with E-state index < -0.39 is 5.91 Å². The van der Waals surface area contributed by atoms with Crippen LogP contribution in [0.4, 0.5) is 5.69 Å². The molecule has 0 saturated carbocycles. The maximum absolute atomic E-state index is 13.0. The predicted octanol–water partition coefficient (Wildman–Crippen LogP) is 4.53. The molecular weight excluding hydrogens is 470 g/mol. The zero-order valence-electron chi connectivity index (χ0n) is 20.6. The number of hydrogen-bond donors (Lipinski definition) is 1. The Morgan fingerprint density at radius 1 is 0.973 bits per heavy atom. The molecule has 2 aromatic heterocycles. The molecule has 1 N–H and O–H groups in total. The van der Waals surface area contributed by atoms with Gasteiger partial charge in [-0.1, -0.05) is 59.3 Å². The molecule has 37 heavy (non-hydrogen) atoms. The van der Waals surface area contributed by atoms with Crippen molar-refractivity contribution in [3.05, 3.63) is 100 Å². The third-order valence-electron chi connectivity index (χ3n) is 6.01. The fourth-order valence-electron chi connectivity index (χ4n) is 3.92. The van der Waals surface area contributed by atoms with E-state index in [-0.39, 0.29) is 17.9 Å². The molecule has 9 heteroatoms. The van der Waals surface area contributed by atoms with Gasteiger partial charge in [-0.05, 0) is 44.2 Å². The van der Waals surface area contributed by atoms with Crippen LogP contribution in [0.25, 0.3) is 28.5 Å². The van der Waals surface area contributed by atoms with Gasteiger partial charge in [-0.15, -0.1) is 0 Å². The number of anilines is 1. The number of benzene rings is 3. The van der Waals surface area contributed by atoms with Gasteiger partial charge in [0, 0.05) is 18.2 Å². The van der Waals surface area contributed by atoms with Crippen molar-refractivity contribution >= 4 is 11.6 Å². The molecule has 9 nitrogen and oxygen atoms in total. The Kier molecular flexibility index (Phi) is 6.42. The zero-order valence-corrected chi connectivity index (χ0v) is 20.6. The van der Waals surface area contributed by atoms with Crippen LogP contribution in [0.15, 0.2) is 88.2 Å². The van der Waals surface area contributed by atoms with E-state index in [0.717, 1.165) is 11.1 Å². The molecule has 2 heterocycles. The summed E-state index contributed by atoms with van der Waals surface area (Å²) in [6.45, 7) is 3.51. The highest BCUT2D eigenvalue weighted by molar-refractivity contribution is 5.92. The van der Waals surface area contributed by atoms with Crippen LogP contribution in [0, 0.1) is 13.8 Å². The van der Waals surface area contributed by atoms with E-state index in [9.17, 15) is 9.59 Å². The van der Waals surface area contributed by atoms with Crippen LogP contribution in [-0.2, 0) is 11.8 Å². The minimum absolute atomic E-state index is 0.211. The average Bonchev–Trinajstić information content (AvgIpc) is 3.48.